The van der Waals surface area contributed by atoms with Crippen molar-refractivity contribution in [3.05, 3.63) is 23.9 Å². The van der Waals surface area contributed by atoms with E-state index in [0.717, 1.165) is 25.2 Å². The van der Waals surface area contributed by atoms with E-state index in [1.54, 1.807) is 12.3 Å². The number of nitrogens with one attached hydrogen (secondary N) is 1. The number of aromatic nitrogens is 1. The summed E-state index contributed by atoms with van der Waals surface area (Å²) in [5.41, 5.74) is 5.36. The van der Waals surface area contributed by atoms with Gasteiger partial charge in [-0.15, -0.1) is 0 Å². The summed E-state index contributed by atoms with van der Waals surface area (Å²) in [7, 11) is 0. The molecule has 0 radical (unpaired) electrons. The molecule has 1 atom stereocenters. The Labute approximate surface area is 101 Å². The zero-order valence-corrected chi connectivity index (χ0v) is 9.98. The van der Waals surface area contributed by atoms with E-state index in [1.807, 2.05) is 13.0 Å². The van der Waals surface area contributed by atoms with Crippen molar-refractivity contribution in [1.82, 2.24) is 4.98 Å². The summed E-state index contributed by atoms with van der Waals surface area (Å²) in [6.45, 7) is 3.35. The number of anilines is 1. The minimum atomic E-state index is -0.640. The van der Waals surface area contributed by atoms with E-state index in [9.17, 15) is 5.11 Å². The normalized spacial score (nSPS) is 24.7. The third kappa shape index (κ3) is 2.74. The zero-order valence-electron chi connectivity index (χ0n) is 9.98. The predicted molar refractivity (Wildman–Crippen MR) is 67.3 cm³/mol. The van der Waals surface area contributed by atoms with Crippen LogP contribution in [0, 0.1) is 5.41 Å². The van der Waals surface area contributed by atoms with Crippen LogP contribution in [-0.4, -0.2) is 34.6 Å². The molecule has 0 aromatic carbocycles. The molecule has 0 bridgehead atoms. The summed E-state index contributed by atoms with van der Waals surface area (Å²) in [5.74, 6) is 0.852. The summed E-state index contributed by atoms with van der Waals surface area (Å²) < 4.78 is 0. The highest BCUT2D eigenvalue weighted by atomic mass is 16.3. The summed E-state index contributed by atoms with van der Waals surface area (Å²) in [4.78, 5) is 6.35. The zero-order chi connectivity index (χ0) is 12.5. The molecule has 1 aromatic heterocycles. The number of aliphatic hydroxyl groups is 1. The van der Waals surface area contributed by atoms with Gasteiger partial charge in [-0.2, -0.15) is 0 Å². The Morgan fingerprint density at radius 1 is 1.59 bits per heavy atom. The van der Waals surface area contributed by atoms with Crippen LogP contribution in [0.4, 0.5) is 5.82 Å². The topological polar surface area (TPSA) is 86.2 Å². The van der Waals surface area contributed by atoms with Crippen LogP contribution in [0.25, 0.3) is 0 Å². The van der Waals surface area contributed by atoms with Crippen LogP contribution < -0.4 is 10.6 Å². The highest BCUT2D eigenvalue weighted by molar-refractivity contribution is 5.94. The number of nitrogens with two attached hydrogens (primary N) is 1. The molecule has 1 unspecified atom stereocenters. The van der Waals surface area contributed by atoms with E-state index in [4.69, 9.17) is 11.1 Å². The number of pyridine rings is 1. The number of nitrogen functional groups attached to an aromatic ring is 1. The number of nitrogens with zero attached hydrogens (tertiary/aromatic N) is 2. The van der Waals surface area contributed by atoms with Crippen molar-refractivity contribution >= 4 is 11.7 Å². The SMILES string of the molecule is CC1(O)CCCN(c2ccc(C(=N)N)cn2)C1. The van der Waals surface area contributed by atoms with Crippen molar-refractivity contribution in [2.75, 3.05) is 18.0 Å². The average Bonchev–Trinajstić information content (AvgIpc) is 2.28. The Morgan fingerprint density at radius 3 is 2.88 bits per heavy atom. The Kier molecular flexibility index (Phi) is 3.02. The lowest BCUT2D eigenvalue weighted by molar-refractivity contribution is 0.0447. The molecule has 1 aliphatic rings. The second kappa shape index (κ2) is 4.33. The maximum Gasteiger partial charge on any atom is 0.128 e. The first-order chi connectivity index (χ1) is 7.98. The molecule has 5 heteroatoms. The summed E-state index contributed by atoms with van der Waals surface area (Å²) >= 11 is 0. The predicted octanol–water partition coefficient (Wildman–Crippen LogP) is 0.717. The Hall–Kier alpha value is -1.62. The van der Waals surface area contributed by atoms with Crippen LogP contribution in [0.5, 0.6) is 0 Å². The summed E-state index contributed by atoms with van der Waals surface area (Å²) in [6, 6.07) is 3.63. The number of β-amino-alcohol motifs (C(OH)–C–C–N with tert-alkyl or cyclic N) is 1. The molecule has 0 spiro atoms. The van der Waals surface area contributed by atoms with Crippen LogP contribution in [0.1, 0.15) is 25.3 Å². The van der Waals surface area contributed by atoms with Crippen molar-refractivity contribution < 1.29 is 5.11 Å². The van der Waals surface area contributed by atoms with Crippen LogP contribution in [0.15, 0.2) is 18.3 Å². The van der Waals surface area contributed by atoms with Crippen molar-refractivity contribution in [2.45, 2.75) is 25.4 Å². The van der Waals surface area contributed by atoms with Gasteiger partial charge in [-0.25, -0.2) is 4.98 Å². The maximum absolute atomic E-state index is 10.0. The quantitative estimate of drug-likeness (QED) is 0.520. The molecule has 0 saturated carbocycles. The Bertz CT molecular complexity index is 413. The lowest BCUT2D eigenvalue weighted by Gasteiger charge is -2.37. The molecule has 1 fully saturated rings. The van der Waals surface area contributed by atoms with Crippen LogP contribution in [0.3, 0.4) is 0 Å². The lowest BCUT2D eigenvalue weighted by Crippen LogP contribution is -2.46. The second-order valence-corrected chi connectivity index (χ2v) is 4.84. The average molecular weight is 234 g/mol. The van der Waals surface area contributed by atoms with E-state index in [2.05, 4.69) is 9.88 Å². The molecule has 17 heavy (non-hydrogen) atoms. The number of hydrogen-bond donors (Lipinski definition) is 3. The first-order valence-corrected chi connectivity index (χ1v) is 5.76. The molecular weight excluding hydrogens is 216 g/mol. The van der Waals surface area contributed by atoms with Crippen LogP contribution in [-0.2, 0) is 0 Å². The van der Waals surface area contributed by atoms with Gasteiger partial charge in [-0.1, -0.05) is 0 Å². The van der Waals surface area contributed by atoms with Gasteiger partial charge in [-0.05, 0) is 31.9 Å². The number of hydrogen-bond acceptors (Lipinski definition) is 4. The van der Waals surface area contributed by atoms with Gasteiger partial charge in [0.1, 0.15) is 11.7 Å². The van der Waals surface area contributed by atoms with E-state index in [0.29, 0.717) is 12.1 Å². The van der Waals surface area contributed by atoms with Crippen LogP contribution in [0.2, 0.25) is 0 Å². The fourth-order valence-electron chi connectivity index (χ4n) is 2.15. The highest BCUT2D eigenvalue weighted by Gasteiger charge is 2.28. The number of rotatable bonds is 2. The minimum absolute atomic E-state index is 0.0229. The van der Waals surface area contributed by atoms with Gasteiger partial charge in [0.15, 0.2) is 0 Å². The maximum atomic E-state index is 10.0. The van der Waals surface area contributed by atoms with Crippen LogP contribution >= 0.6 is 0 Å². The molecule has 1 saturated heterocycles. The molecule has 4 N–H and O–H groups in total. The van der Waals surface area contributed by atoms with Crippen molar-refractivity contribution in [3.63, 3.8) is 0 Å². The van der Waals surface area contributed by atoms with Crippen molar-refractivity contribution in [2.24, 2.45) is 5.73 Å². The molecule has 2 rings (SSSR count). The van der Waals surface area contributed by atoms with E-state index in [-0.39, 0.29) is 5.84 Å². The molecule has 1 aromatic rings. The molecule has 92 valence electrons. The van der Waals surface area contributed by atoms with Gasteiger partial charge in [0.25, 0.3) is 0 Å². The standard InChI is InChI=1S/C12H18N4O/c1-12(17)5-2-6-16(8-12)10-4-3-9(7-15-10)11(13)14/h3-4,7,17H,2,5-6,8H2,1H3,(H3,13,14). The van der Waals surface area contributed by atoms with Gasteiger partial charge in [0.2, 0.25) is 0 Å². The van der Waals surface area contributed by atoms with Crippen molar-refractivity contribution in [3.8, 4) is 0 Å². The fraction of sp³-hybridized carbons (Fsp3) is 0.500. The van der Waals surface area contributed by atoms with Gasteiger partial charge in [-0.3, -0.25) is 5.41 Å². The summed E-state index contributed by atoms with van der Waals surface area (Å²) in [5, 5.41) is 17.3. The number of amidine groups is 1. The van der Waals surface area contributed by atoms with E-state index in [1.165, 1.54) is 0 Å². The smallest absolute Gasteiger partial charge is 0.128 e. The molecule has 1 aliphatic heterocycles. The second-order valence-electron chi connectivity index (χ2n) is 4.84. The van der Waals surface area contributed by atoms with Gasteiger partial charge < -0.3 is 15.7 Å². The third-order valence-corrected chi connectivity index (χ3v) is 3.06. The lowest BCUT2D eigenvalue weighted by atomic mass is 9.95. The number of piperidine rings is 1. The third-order valence-electron chi connectivity index (χ3n) is 3.06. The Morgan fingerprint density at radius 2 is 2.35 bits per heavy atom. The Balaban J connectivity index is 2.14. The highest BCUT2D eigenvalue weighted by Crippen LogP contribution is 2.24. The van der Waals surface area contributed by atoms with E-state index >= 15 is 0 Å². The first kappa shape index (κ1) is 11.9. The first-order valence-electron chi connectivity index (χ1n) is 5.76. The largest absolute Gasteiger partial charge is 0.388 e. The van der Waals surface area contributed by atoms with Gasteiger partial charge >= 0.3 is 0 Å². The monoisotopic (exact) mass is 234 g/mol. The van der Waals surface area contributed by atoms with Crippen molar-refractivity contribution in [1.29, 1.82) is 5.41 Å². The molecule has 2 heterocycles. The molecule has 5 nitrogen and oxygen atoms in total. The molecule has 0 aliphatic carbocycles. The fourth-order valence-corrected chi connectivity index (χ4v) is 2.15. The van der Waals surface area contributed by atoms with E-state index < -0.39 is 5.60 Å². The summed E-state index contributed by atoms with van der Waals surface area (Å²) in [6.07, 6.45) is 3.39. The van der Waals surface area contributed by atoms with Gasteiger partial charge in [0.05, 0.1) is 5.60 Å². The van der Waals surface area contributed by atoms with Gasteiger partial charge in [0, 0.05) is 24.8 Å². The molecule has 0 amide bonds. The molecular formula is C12H18N4O. The minimum Gasteiger partial charge on any atom is -0.388 e.